The minimum atomic E-state index is -0.764. The van der Waals surface area contributed by atoms with E-state index in [1.54, 1.807) is 6.92 Å². The van der Waals surface area contributed by atoms with E-state index >= 15 is 0 Å². The molecule has 2 N–H and O–H groups in total. The Morgan fingerprint density at radius 1 is 1.64 bits per heavy atom. The van der Waals surface area contributed by atoms with Gasteiger partial charge in [0.15, 0.2) is 0 Å². The van der Waals surface area contributed by atoms with Crippen LogP contribution in [0, 0.1) is 12.8 Å². The molecule has 1 aromatic heterocycles. The van der Waals surface area contributed by atoms with E-state index in [0.29, 0.717) is 13.0 Å². The van der Waals surface area contributed by atoms with Crippen LogP contribution >= 0.6 is 11.3 Å². The zero-order valence-electron chi connectivity index (χ0n) is 8.15. The summed E-state index contributed by atoms with van der Waals surface area (Å²) >= 11 is 1.47. The molecule has 0 saturated heterocycles. The molecule has 5 nitrogen and oxygen atoms in total. The Bertz CT molecular complexity index is 313. The average Bonchev–Trinajstić information content (AvgIpc) is 2.51. The van der Waals surface area contributed by atoms with Gasteiger partial charge in [-0.3, -0.25) is 4.79 Å². The largest absolute Gasteiger partial charge is 0.481 e. The maximum Gasteiger partial charge on any atom is 0.306 e. The van der Waals surface area contributed by atoms with E-state index in [-0.39, 0.29) is 5.92 Å². The lowest BCUT2D eigenvalue weighted by Crippen LogP contribution is -2.14. The number of aromatic nitrogens is 2. The first-order valence-electron chi connectivity index (χ1n) is 4.36. The van der Waals surface area contributed by atoms with Crippen molar-refractivity contribution >= 4 is 22.4 Å². The third kappa shape index (κ3) is 3.29. The Balaban J connectivity index is 2.25. The highest BCUT2D eigenvalue weighted by atomic mass is 32.1. The Morgan fingerprint density at radius 2 is 2.36 bits per heavy atom. The molecule has 0 amide bonds. The Kier molecular flexibility index (Phi) is 3.82. The van der Waals surface area contributed by atoms with E-state index in [2.05, 4.69) is 15.5 Å². The van der Waals surface area contributed by atoms with Gasteiger partial charge in [-0.1, -0.05) is 18.3 Å². The molecule has 0 aliphatic rings. The summed E-state index contributed by atoms with van der Waals surface area (Å²) in [5.74, 6) is -1.09. The Hall–Kier alpha value is -1.17. The molecule has 14 heavy (non-hydrogen) atoms. The molecule has 0 spiro atoms. The summed E-state index contributed by atoms with van der Waals surface area (Å²) in [6, 6.07) is 0. The quantitative estimate of drug-likeness (QED) is 0.775. The van der Waals surface area contributed by atoms with Crippen LogP contribution in [0.1, 0.15) is 18.4 Å². The SMILES string of the molecule is Cc1nnc(NCCC(C)C(=O)O)s1. The van der Waals surface area contributed by atoms with Gasteiger partial charge in [0.1, 0.15) is 5.01 Å². The maximum absolute atomic E-state index is 10.5. The first-order chi connectivity index (χ1) is 6.59. The van der Waals surface area contributed by atoms with Crippen LogP contribution in [-0.4, -0.2) is 27.8 Å². The number of anilines is 1. The molecule has 6 heteroatoms. The highest BCUT2D eigenvalue weighted by molar-refractivity contribution is 7.15. The molecule has 0 aromatic carbocycles. The van der Waals surface area contributed by atoms with Crippen molar-refractivity contribution in [3.05, 3.63) is 5.01 Å². The summed E-state index contributed by atoms with van der Waals surface area (Å²) in [4.78, 5) is 10.5. The van der Waals surface area contributed by atoms with E-state index in [1.165, 1.54) is 11.3 Å². The van der Waals surface area contributed by atoms with Crippen molar-refractivity contribution in [2.45, 2.75) is 20.3 Å². The number of rotatable bonds is 5. The number of hydrogen-bond donors (Lipinski definition) is 2. The molecule has 78 valence electrons. The summed E-state index contributed by atoms with van der Waals surface area (Å²) < 4.78 is 0. The van der Waals surface area contributed by atoms with Crippen LogP contribution in [0.25, 0.3) is 0 Å². The molecule has 1 aromatic rings. The zero-order chi connectivity index (χ0) is 10.6. The van der Waals surface area contributed by atoms with Gasteiger partial charge in [-0.2, -0.15) is 0 Å². The lowest BCUT2D eigenvalue weighted by atomic mass is 10.1. The van der Waals surface area contributed by atoms with E-state index in [1.807, 2.05) is 6.92 Å². The molecule has 0 bridgehead atoms. The number of aryl methyl sites for hydroxylation is 1. The second-order valence-electron chi connectivity index (χ2n) is 3.08. The highest BCUT2D eigenvalue weighted by Gasteiger charge is 2.10. The van der Waals surface area contributed by atoms with Crippen LogP contribution < -0.4 is 5.32 Å². The van der Waals surface area contributed by atoms with Crippen molar-refractivity contribution in [2.24, 2.45) is 5.92 Å². The fraction of sp³-hybridized carbons (Fsp3) is 0.625. The van der Waals surface area contributed by atoms with Crippen molar-refractivity contribution < 1.29 is 9.90 Å². The number of nitrogens with one attached hydrogen (secondary N) is 1. The Morgan fingerprint density at radius 3 is 2.86 bits per heavy atom. The molecule has 0 radical (unpaired) electrons. The van der Waals surface area contributed by atoms with Gasteiger partial charge in [-0.25, -0.2) is 0 Å². The van der Waals surface area contributed by atoms with Crippen LogP contribution in [0.3, 0.4) is 0 Å². The second kappa shape index (κ2) is 4.90. The molecule has 1 atom stereocenters. The Labute approximate surface area is 86.2 Å². The average molecular weight is 215 g/mol. The summed E-state index contributed by atoms with van der Waals surface area (Å²) in [6.07, 6.45) is 0.591. The number of carboxylic acid groups (broad SMARTS) is 1. The van der Waals surface area contributed by atoms with E-state index in [4.69, 9.17) is 5.11 Å². The lowest BCUT2D eigenvalue weighted by Gasteiger charge is -2.05. The number of hydrogen-bond acceptors (Lipinski definition) is 5. The number of carbonyl (C=O) groups is 1. The molecule has 0 aliphatic heterocycles. The number of aliphatic carboxylic acids is 1. The van der Waals surface area contributed by atoms with Gasteiger partial charge in [0.2, 0.25) is 5.13 Å². The standard InChI is InChI=1S/C8H13N3O2S/c1-5(7(12)13)3-4-9-8-11-10-6(2)14-8/h5H,3-4H2,1-2H3,(H,9,11)(H,12,13). The molecule has 0 aliphatic carbocycles. The maximum atomic E-state index is 10.5. The van der Waals surface area contributed by atoms with Gasteiger partial charge in [-0.05, 0) is 13.3 Å². The minimum Gasteiger partial charge on any atom is -0.481 e. The molecule has 1 rings (SSSR count). The zero-order valence-corrected chi connectivity index (χ0v) is 8.97. The van der Waals surface area contributed by atoms with Crippen LogP contribution in [0.4, 0.5) is 5.13 Å². The van der Waals surface area contributed by atoms with E-state index < -0.39 is 5.97 Å². The van der Waals surface area contributed by atoms with Crippen LogP contribution in [0.2, 0.25) is 0 Å². The predicted octanol–water partition coefficient (Wildman–Crippen LogP) is 1.37. The molecule has 1 unspecified atom stereocenters. The fourth-order valence-corrected chi connectivity index (χ4v) is 1.50. The topological polar surface area (TPSA) is 75.1 Å². The first-order valence-corrected chi connectivity index (χ1v) is 5.18. The predicted molar refractivity (Wildman–Crippen MR) is 54.6 cm³/mol. The molecule has 0 fully saturated rings. The van der Waals surface area contributed by atoms with Crippen molar-refractivity contribution in [1.29, 1.82) is 0 Å². The smallest absolute Gasteiger partial charge is 0.306 e. The van der Waals surface area contributed by atoms with Gasteiger partial charge in [-0.15, -0.1) is 10.2 Å². The summed E-state index contributed by atoms with van der Waals surface area (Å²) in [6.45, 7) is 4.18. The summed E-state index contributed by atoms with van der Waals surface area (Å²) in [7, 11) is 0. The van der Waals surface area contributed by atoms with E-state index in [0.717, 1.165) is 10.1 Å². The van der Waals surface area contributed by atoms with Crippen LogP contribution in [0.15, 0.2) is 0 Å². The van der Waals surface area contributed by atoms with Crippen molar-refractivity contribution in [1.82, 2.24) is 10.2 Å². The van der Waals surface area contributed by atoms with Gasteiger partial charge < -0.3 is 10.4 Å². The third-order valence-corrected chi connectivity index (χ3v) is 2.60. The van der Waals surface area contributed by atoms with Crippen molar-refractivity contribution in [3.8, 4) is 0 Å². The first kappa shape index (κ1) is 10.9. The lowest BCUT2D eigenvalue weighted by molar-refractivity contribution is -0.141. The van der Waals surface area contributed by atoms with Crippen LogP contribution in [0.5, 0.6) is 0 Å². The number of carboxylic acids is 1. The van der Waals surface area contributed by atoms with Crippen molar-refractivity contribution in [3.63, 3.8) is 0 Å². The normalized spacial score (nSPS) is 12.4. The number of nitrogens with zero attached hydrogens (tertiary/aromatic N) is 2. The highest BCUT2D eigenvalue weighted by Crippen LogP contribution is 2.13. The van der Waals surface area contributed by atoms with Gasteiger partial charge in [0.25, 0.3) is 0 Å². The molecular formula is C8H13N3O2S. The molecular weight excluding hydrogens is 202 g/mol. The fourth-order valence-electron chi connectivity index (χ4n) is 0.887. The summed E-state index contributed by atoms with van der Waals surface area (Å²) in [5, 5.41) is 21.0. The van der Waals surface area contributed by atoms with Gasteiger partial charge in [0, 0.05) is 6.54 Å². The minimum absolute atomic E-state index is 0.323. The summed E-state index contributed by atoms with van der Waals surface area (Å²) in [5.41, 5.74) is 0. The monoisotopic (exact) mass is 215 g/mol. The van der Waals surface area contributed by atoms with Crippen molar-refractivity contribution in [2.75, 3.05) is 11.9 Å². The van der Waals surface area contributed by atoms with Crippen LogP contribution in [-0.2, 0) is 4.79 Å². The molecule has 1 heterocycles. The van der Waals surface area contributed by atoms with Gasteiger partial charge in [0.05, 0.1) is 5.92 Å². The van der Waals surface area contributed by atoms with E-state index in [9.17, 15) is 4.79 Å². The third-order valence-electron chi connectivity index (χ3n) is 1.80. The van der Waals surface area contributed by atoms with Gasteiger partial charge >= 0.3 is 5.97 Å². The molecule has 0 saturated carbocycles. The second-order valence-corrected chi connectivity index (χ2v) is 4.26.